The smallest absolute Gasteiger partial charge is 0.260 e. The lowest BCUT2D eigenvalue weighted by atomic mass is 10.1. The Morgan fingerprint density at radius 3 is 2.62 bits per heavy atom. The van der Waals surface area contributed by atoms with Crippen LogP contribution >= 0.6 is 39.0 Å². The van der Waals surface area contributed by atoms with Gasteiger partial charge in [-0.1, -0.05) is 58.0 Å². The molecule has 2 aromatic carbocycles. The largest absolute Gasteiger partial charge is 0.325 e. The molecule has 1 atom stereocenters. The van der Waals surface area contributed by atoms with E-state index in [1.54, 1.807) is 6.92 Å². The normalized spacial score (nSPS) is 12.1. The van der Waals surface area contributed by atoms with Crippen molar-refractivity contribution in [1.29, 1.82) is 0 Å². The summed E-state index contributed by atoms with van der Waals surface area (Å²) < 4.78 is 0.943. The zero-order valence-electron chi connectivity index (χ0n) is 15.3. The quantitative estimate of drug-likeness (QED) is 0.287. The Morgan fingerprint density at radius 1 is 1.17 bits per heavy atom. The maximum Gasteiger partial charge on any atom is 0.260 e. The highest BCUT2D eigenvalue weighted by molar-refractivity contribution is 9.10. The van der Waals surface area contributed by atoms with E-state index >= 15 is 0 Å². The number of benzene rings is 2. The van der Waals surface area contributed by atoms with Gasteiger partial charge in [0, 0.05) is 21.1 Å². The molecule has 2 N–H and O–H groups in total. The first kappa shape index (κ1) is 19.9. The minimum absolute atomic E-state index is 0.156. The third-order valence-corrected chi connectivity index (χ3v) is 6.66. The van der Waals surface area contributed by atoms with Gasteiger partial charge in [-0.25, -0.2) is 4.98 Å². The Balaban J connectivity index is 1.54. The number of nitrogens with one attached hydrogen (secondary N) is 2. The summed E-state index contributed by atoms with van der Waals surface area (Å²) in [5.41, 5.74) is 2.37. The molecular weight excluding hydrogens is 470 g/mol. The van der Waals surface area contributed by atoms with Crippen LogP contribution in [0.3, 0.4) is 0 Å². The van der Waals surface area contributed by atoms with Crippen LogP contribution in [0.4, 0.5) is 5.69 Å². The van der Waals surface area contributed by atoms with Crippen LogP contribution in [0.5, 0.6) is 0 Å². The minimum Gasteiger partial charge on any atom is -0.325 e. The molecule has 2 aromatic heterocycles. The third kappa shape index (κ3) is 4.44. The second kappa shape index (κ2) is 8.52. The Bertz CT molecular complexity index is 1220. The fourth-order valence-electron chi connectivity index (χ4n) is 2.81. The number of hydrogen-bond donors (Lipinski definition) is 2. The van der Waals surface area contributed by atoms with Crippen LogP contribution < -0.4 is 10.9 Å². The third-order valence-electron chi connectivity index (χ3n) is 4.28. The number of H-pyrrole nitrogens is 1. The molecule has 2 heterocycles. The number of fused-ring (bicyclic) bond motifs is 1. The van der Waals surface area contributed by atoms with E-state index in [1.807, 2.05) is 60.0 Å². The molecular formula is C21H16BrN3O2S2. The van der Waals surface area contributed by atoms with Crippen LogP contribution in [0, 0.1) is 0 Å². The van der Waals surface area contributed by atoms with Gasteiger partial charge in [0.25, 0.3) is 5.56 Å². The summed E-state index contributed by atoms with van der Waals surface area (Å²) in [7, 11) is 0. The van der Waals surface area contributed by atoms with Gasteiger partial charge in [-0.2, -0.15) is 0 Å². The average Bonchev–Trinajstić information content (AvgIpc) is 3.15. The molecule has 4 aromatic rings. The molecule has 5 nitrogen and oxygen atoms in total. The molecule has 29 heavy (non-hydrogen) atoms. The van der Waals surface area contributed by atoms with Gasteiger partial charge in [-0.3, -0.25) is 9.59 Å². The lowest BCUT2D eigenvalue weighted by molar-refractivity contribution is -0.115. The molecule has 0 fully saturated rings. The first-order valence-corrected chi connectivity index (χ1v) is 11.4. The summed E-state index contributed by atoms with van der Waals surface area (Å²) in [5, 5.41) is 5.40. The summed E-state index contributed by atoms with van der Waals surface area (Å²) in [6.07, 6.45) is 0. The van der Waals surface area contributed by atoms with Crippen LogP contribution in [0.2, 0.25) is 0 Å². The van der Waals surface area contributed by atoms with Crippen LogP contribution in [0.15, 0.2) is 74.4 Å². The van der Waals surface area contributed by atoms with Crippen molar-refractivity contribution in [3.8, 4) is 11.1 Å². The van der Waals surface area contributed by atoms with Gasteiger partial charge in [0.05, 0.1) is 10.6 Å². The van der Waals surface area contributed by atoms with Gasteiger partial charge in [-0.05, 0) is 36.8 Å². The summed E-state index contributed by atoms with van der Waals surface area (Å²) in [5.74, 6) is -0.156. The number of aromatic amines is 1. The lowest BCUT2D eigenvalue weighted by Crippen LogP contribution is -2.23. The van der Waals surface area contributed by atoms with Crippen molar-refractivity contribution in [2.75, 3.05) is 5.32 Å². The molecule has 1 amide bonds. The lowest BCUT2D eigenvalue weighted by Gasteiger charge is -2.11. The predicted octanol–water partition coefficient (Wildman–Crippen LogP) is 5.53. The van der Waals surface area contributed by atoms with Gasteiger partial charge >= 0.3 is 0 Å². The van der Waals surface area contributed by atoms with Crippen molar-refractivity contribution < 1.29 is 4.79 Å². The van der Waals surface area contributed by atoms with E-state index in [9.17, 15) is 9.59 Å². The summed E-state index contributed by atoms with van der Waals surface area (Å²) in [6, 6.07) is 17.1. The maximum atomic E-state index is 12.7. The zero-order chi connectivity index (χ0) is 20.4. The predicted molar refractivity (Wildman–Crippen MR) is 124 cm³/mol. The number of amides is 1. The summed E-state index contributed by atoms with van der Waals surface area (Å²) in [4.78, 5) is 33.2. The highest BCUT2D eigenvalue weighted by atomic mass is 79.9. The number of carbonyl (C=O) groups is 1. The maximum absolute atomic E-state index is 12.7. The summed E-state index contributed by atoms with van der Waals surface area (Å²) in [6.45, 7) is 1.78. The van der Waals surface area contributed by atoms with Crippen molar-refractivity contribution in [3.63, 3.8) is 0 Å². The number of anilines is 1. The molecule has 146 valence electrons. The van der Waals surface area contributed by atoms with Crippen molar-refractivity contribution in [3.05, 3.63) is 74.8 Å². The topological polar surface area (TPSA) is 74.8 Å². The molecule has 0 aliphatic rings. The fourth-order valence-corrected chi connectivity index (χ4v) is 4.88. The molecule has 0 aliphatic carbocycles. The molecule has 0 spiro atoms. The van der Waals surface area contributed by atoms with E-state index in [4.69, 9.17) is 0 Å². The molecule has 8 heteroatoms. The zero-order valence-corrected chi connectivity index (χ0v) is 18.5. The van der Waals surface area contributed by atoms with Crippen LogP contribution in [0.25, 0.3) is 21.3 Å². The number of aromatic nitrogens is 2. The molecule has 4 rings (SSSR count). The van der Waals surface area contributed by atoms with Crippen LogP contribution in [-0.4, -0.2) is 21.1 Å². The second-order valence-corrected chi connectivity index (χ2v) is 9.43. The van der Waals surface area contributed by atoms with Crippen molar-refractivity contribution in [2.45, 2.75) is 17.3 Å². The van der Waals surface area contributed by atoms with Crippen LogP contribution in [-0.2, 0) is 4.79 Å². The number of halogens is 1. The monoisotopic (exact) mass is 485 g/mol. The van der Waals surface area contributed by atoms with Gasteiger partial charge < -0.3 is 10.3 Å². The highest BCUT2D eigenvalue weighted by Gasteiger charge is 2.18. The molecule has 0 aliphatic heterocycles. The van der Waals surface area contributed by atoms with Gasteiger partial charge in [0.15, 0.2) is 5.16 Å². The Hall–Kier alpha value is -2.42. The number of thioether (sulfide) groups is 1. The molecule has 0 saturated carbocycles. The molecule has 0 bridgehead atoms. The van der Waals surface area contributed by atoms with E-state index in [1.165, 1.54) is 23.1 Å². The van der Waals surface area contributed by atoms with Crippen molar-refractivity contribution >= 4 is 60.8 Å². The van der Waals surface area contributed by atoms with E-state index in [0.717, 1.165) is 15.6 Å². The van der Waals surface area contributed by atoms with Gasteiger partial charge in [-0.15, -0.1) is 11.3 Å². The Kier molecular flexibility index (Phi) is 5.84. The number of hydrogen-bond acceptors (Lipinski definition) is 5. The number of nitrogens with zero attached hydrogens (tertiary/aromatic N) is 1. The van der Waals surface area contributed by atoms with Crippen LogP contribution in [0.1, 0.15) is 6.92 Å². The van der Waals surface area contributed by atoms with E-state index in [2.05, 4.69) is 31.2 Å². The molecule has 0 saturated heterocycles. The van der Waals surface area contributed by atoms with E-state index in [0.29, 0.717) is 21.1 Å². The average molecular weight is 486 g/mol. The van der Waals surface area contributed by atoms with E-state index in [-0.39, 0.29) is 11.5 Å². The number of thiophene rings is 1. The first-order chi connectivity index (χ1) is 14.0. The van der Waals surface area contributed by atoms with Crippen molar-refractivity contribution in [2.24, 2.45) is 0 Å². The minimum atomic E-state index is -0.423. The van der Waals surface area contributed by atoms with Gasteiger partial charge in [0.2, 0.25) is 5.91 Å². The second-order valence-electron chi connectivity index (χ2n) is 6.32. The Labute approximate surface area is 183 Å². The molecule has 1 unspecified atom stereocenters. The fraction of sp³-hybridized carbons (Fsp3) is 0.0952. The van der Waals surface area contributed by atoms with Crippen molar-refractivity contribution in [1.82, 2.24) is 9.97 Å². The SMILES string of the molecule is CC(Sc1nc2scc(-c3ccccc3)c2c(=O)[nH]1)C(=O)Nc1ccc(Br)cc1. The summed E-state index contributed by atoms with van der Waals surface area (Å²) >= 11 is 6.02. The standard InChI is InChI=1S/C21H16BrN3O2S2/c1-12(18(26)23-15-9-7-14(22)8-10-15)29-21-24-19(27)17-16(11-28-20(17)25-21)13-5-3-2-4-6-13/h2-12H,1H3,(H,23,26)(H,24,25,27). The van der Waals surface area contributed by atoms with Gasteiger partial charge in [0.1, 0.15) is 4.83 Å². The first-order valence-electron chi connectivity index (χ1n) is 8.81. The highest BCUT2D eigenvalue weighted by Crippen LogP contribution is 2.32. The number of carbonyl (C=O) groups excluding carboxylic acids is 1. The number of rotatable bonds is 5. The molecule has 0 radical (unpaired) electrons. The van der Waals surface area contributed by atoms with E-state index < -0.39 is 5.25 Å². The Morgan fingerprint density at radius 2 is 1.90 bits per heavy atom.